The van der Waals surface area contributed by atoms with Crippen molar-refractivity contribution in [2.24, 2.45) is 0 Å². The van der Waals surface area contributed by atoms with Crippen molar-refractivity contribution in [2.45, 2.75) is 10.5 Å². The number of nitrogens with one attached hydrogen (secondary N) is 1. The van der Waals surface area contributed by atoms with Crippen LogP contribution >= 0.6 is 11.6 Å². The van der Waals surface area contributed by atoms with Crippen LogP contribution in [0.1, 0.15) is 21.5 Å². The number of hydrogen-bond acceptors (Lipinski definition) is 9. The van der Waals surface area contributed by atoms with E-state index in [9.17, 15) is 17.6 Å². The van der Waals surface area contributed by atoms with E-state index in [0.717, 1.165) is 29.4 Å². The highest BCUT2D eigenvalue weighted by atomic mass is 35.5. The lowest BCUT2D eigenvalue weighted by Crippen LogP contribution is -2.46. The summed E-state index contributed by atoms with van der Waals surface area (Å²) in [5.74, 6) is -2.91. The van der Waals surface area contributed by atoms with Crippen molar-refractivity contribution in [2.75, 3.05) is 29.2 Å². The molecule has 1 aromatic carbocycles. The van der Waals surface area contributed by atoms with Crippen LogP contribution in [0.4, 0.5) is 26.2 Å². The minimum atomic E-state index is -4.18. The van der Waals surface area contributed by atoms with Crippen molar-refractivity contribution in [3.63, 3.8) is 0 Å². The molecule has 1 aliphatic heterocycles. The summed E-state index contributed by atoms with van der Waals surface area (Å²) in [5, 5.41) is 0. The summed E-state index contributed by atoms with van der Waals surface area (Å²) in [6.45, 7) is -0.263. The van der Waals surface area contributed by atoms with E-state index in [2.05, 4.69) is 15.0 Å². The second kappa shape index (κ2) is 9.06. The average molecular weight is 512 g/mol. The molecule has 15 heteroatoms. The molecular formula is C19H16ClF2N7O4S. The topological polar surface area (TPSA) is 144 Å². The van der Waals surface area contributed by atoms with Gasteiger partial charge in [0.1, 0.15) is 27.8 Å². The van der Waals surface area contributed by atoms with Crippen LogP contribution < -0.4 is 20.4 Å². The summed E-state index contributed by atoms with van der Waals surface area (Å²) in [6.07, 6.45) is 3.60. The van der Waals surface area contributed by atoms with Gasteiger partial charge in [0.05, 0.1) is 6.67 Å². The molecule has 3 N–H and O–H groups in total. The number of nitrogens with two attached hydrogens (primary N) is 1. The third-order valence-electron chi connectivity index (χ3n) is 4.80. The number of carbonyl (C=O) groups is 1. The first-order chi connectivity index (χ1) is 16.1. The summed E-state index contributed by atoms with van der Waals surface area (Å²) < 4.78 is 54.7. The molecule has 0 bridgehead atoms. The maximum Gasteiger partial charge on any atom is 0.265 e. The number of amides is 1. The fraction of sp³-hybridized carbons (Fsp3) is 0.158. The molecule has 2 aromatic heterocycles. The Labute approximate surface area is 197 Å². The van der Waals surface area contributed by atoms with E-state index >= 15 is 4.39 Å². The maximum atomic E-state index is 15.4. The highest BCUT2D eigenvalue weighted by molar-refractivity contribution is 7.89. The van der Waals surface area contributed by atoms with Crippen molar-refractivity contribution in [3.8, 4) is 0 Å². The normalized spacial score (nSPS) is 14.8. The number of anilines is 3. The largest absolute Gasteiger partial charge is 0.368 e. The molecule has 1 unspecified atom stereocenters. The summed E-state index contributed by atoms with van der Waals surface area (Å²) in [7, 11) is -2.63. The lowest BCUT2D eigenvalue weighted by Gasteiger charge is -2.35. The van der Waals surface area contributed by atoms with Gasteiger partial charge in [0.15, 0.2) is 11.4 Å². The van der Waals surface area contributed by atoms with E-state index in [4.69, 9.17) is 22.2 Å². The smallest absolute Gasteiger partial charge is 0.265 e. The Bertz CT molecular complexity index is 1360. The summed E-state index contributed by atoms with van der Waals surface area (Å²) in [5.41, 5.74) is 2.71. The summed E-state index contributed by atoms with van der Waals surface area (Å²) in [4.78, 5) is 33.2. The lowest BCUT2D eigenvalue weighted by atomic mass is 10.1. The van der Waals surface area contributed by atoms with Crippen LogP contribution in [0, 0.1) is 11.6 Å². The van der Waals surface area contributed by atoms with Crippen molar-refractivity contribution in [3.05, 3.63) is 65.6 Å². The number of rotatable bonds is 6. The lowest BCUT2D eigenvalue weighted by molar-refractivity contribution is 0.0654. The van der Waals surface area contributed by atoms with Crippen LogP contribution in [0.2, 0.25) is 0 Å². The highest BCUT2D eigenvalue weighted by Gasteiger charge is 2.35. The number of pyridine rings is 1. The number of alkyl halides is 1. The van der Waals surface area contributed by atoms with Crippen LogP contribution in [0.25, 0.3) is 0 Å². The SMILES string of the molecule is CN1CN(c2c(F)ccc(C(Cl)ONS(=O)(=O)c3cccnc3)c2F)C(=O)c2cnc(N)nc21. The van der Waals surface area contributed by atoms with Gasteiger partial charge in [-0.25, -0.2) is 22.2 Å². The molecule has 1 amide bonds. The number of aromatic nitrogens is 3. The number of nitrogens with zero attached hydrogens (tertiary/aromatic N) is 5. The number of carbonyl (C=O) groups excluding carboxylic acids is 1. The number of nitrogen functional groups attached to an aromatic ring is 1. The van der Waals surface area contributed by atoms with Crippen LogP contribution in [0.3, 0.4) is 0 Å². The van der Waals surface area contributed by atoms with E-state index in [0.29, 0.717) is 0 Å². The molecule has 34 heavy (non-hydrogen) atoms. The maximum absolute atomic E-state index is 15.4. The zero-order chi connectivity index (χ0) is 24.6. The van der Waals surface area contributed by atoms with Gasteiger partial charge in [-0.1, -0.05) is 16.5 Å². The average Bonchev–Trinajstić information content (AvgIpc) is 2.81. The quantitative estimate of drug-likeness (QED) is 0.374. The number of sulfonamides is 1. The van der Waals surface area contributed by atoms with Crippen molar-refractivity contribution < 1.29 is 26.8 Å². The van der Waals surface area contributed by atoms with Gasteiger partial charge in [-0.05, 0) is 24.3 Å². The highest BCUT2D eigenvalue weighted by Crippen LogP contribution is 2.36. The first-order valence-corrected chi connectivity index (χ1v) is 11.4. The van der Waals surface area contributed by atoms with E-state index in [-0.39, 0.29) is 28.9 Å². The molecule has 0 radical (unpaired) electrons. The molecule has 0 saturated heterocycles. The van der Waals surface area contributed by atoms with Gasteiger partial charge in [-0.15, -0.1) is 0 Å². The van der Waals surface area contributed by atoms with Crippen LogP contribution in [-0.4, -0.2) is 43.0 Å². The second-order valence-corrected chi connectivity index (χ2v) is 9.09. The molecule has 4 rings (SSSR count). The number of hydrogen-bond donors (Lipinski definition) is 2. The first kappa shape index (κ1) is 23.7. The zero-order valence-electron chi connectivity index (χ0n) is 17.3. The molecule has 11 nitrogen and oxygen atoms in total. The molecule has 1 atom stereocenters. The number of halogens is 3. The van der Waals surface area contributed by atoms with Crippen molar-refractivity contribution >= 4 is 45.0 Å². The molecular weight excluding hydrogens is 496 g/mol. The van der Waals surface area contributed by atoms with Crippen molar-refractivity contribution in [1.29, 1.82) is 0 Å². The standard InChI is InChI=1S/C19H16ClF2N7O4S/c1-28-9-29(18(30)12-8-25-19(23)26-17(12)28)15-13(21)5-4-11(14(15)22)16(20)33-27-34(31,32)10-3-2-6-24-7-10/h2-8,16,27H,9H2,1H3,(H2,23,25,26). The van der Waals surface area contributed by atoms with Gasteiger partial charge in [0.25, 0.3) is 15.9 Å². The third kappa shape index (κ3) is 4.35. The zero-order valence-corrected chi connectivity index (χ0v) is 18.9. The van der Waals surface area contributed by atoms with Gasteiger partial charge in [-0.3, -0.25) is 19.5 Å². The van der Waals surface area contributed by atoms with Gasteiger partial charge < -0.3 is 10.6 Å². The predicted octanol–water partition coefficient (Wildman–Crippen LogP) is 1.93. The minimum Gasteiger partial charge on any atom is -0.368 e. The van der Waals surface area contributed by atoms with E-state index < -0.39 is 44.4 Å². The van der Waals surface area contributed by atoms with E-state index in [1.54, 1.807) is 11.9 Å². The number of benzene rings is 1. The Kier molecular flexibility index (Phi) is 6.31. The Hall–Kier alpha value is -3.46. The molecule has 0 saturated carbocycles. The molecule has 0 fully saturated rings. The monoisotopic (exact) mass is 511 g/mol. The van der Waals surface area contributed by atoms with Gasteiger partial charge in [0, 0.05) is 31.2 Å². The summed E-state index contributed by atoms with van der Waals surface area (Å²) >= 11 is 6.06. The second-order valence-electron chi connectivity index (χ2n) is 7.05. The van der Waals surface area contributed by atoms with E-state index in [1.165, 1.54) is 23.2 Å². The van der Waals surface area contributed by atoms with Crippen LogP contribution in [0.5, 0.6) is 0 Å². The molecule has 3 aromatic rings. The van der Waals surface area contributed by atoms with E-state index in [1.807, 2.05) is 0 Å². The molecule has 178 valence electrons. The Balaban J connectivity index is 1.62. The van der Waals surface area contributed by atoms with Gasteiger partial charge in [-0.2, -0.15) is 4.98 Å². The first-order valence-electron chi connectivity index (χ1n) is 9.45. The molecule has 0 spiro atoms. The third-order valence-corrected chi connectivity index (χ3v) is 6.30. The molecule has 1 aliphatic rings. The van der Waals surface area contributed by atoms with Crippen LogP contribution in [0.15, 0.2) is 47.8 Å². The Morgan fingerprint density at radius 2 is 2.03 bits per heavy atom. The van der Waals surface area contributed by atoms with Gasteiger partial charge in [0.2, 0.25) is 5.95 Å². The Morgan fingerprint density at radius 1 is 1.26 bits per heavy atom. The Morgan fingerprint density at radius 3 is 2.74 bits per heavy atom. The van der Waals surface area contributed by atoms with Gasteiger partial charge >= 0.3 is 0 Å². The van der Waals surface area contributed by atoms with Crippen molar-refractivity contribution in [1.82, 2.24) is 19.8 Å². The fourth-order valence-corrected chi connectivity index (χ4v) is 4.23. The molecule has 3 heterocycles. The number of fused-ring (bicyclic) bond motifs is 1. The molecule has 0 aliphatic carbocycles. The predicted molar refractivity (Wildman–Crippen MR) is 117 cm³/mol. The van der Waals surface area contributed by atoms with Crippen LogP contribution in [-0.2, 0) is 14.9 Å². The summed E-state index contributed by atoms with van der Waals surface area (Å²) in [6, 6.07) is 4.50. The fourth-order valence-electron chi connectivity index (χ4n) is 3.19. The minimum absolute atomic E-state index is 0.0185.